The van der Waals surface area contributed by atoms with Crippen molar-refractivity contribution in [1.82, 2.24) is 0 Å². The zero-order valence-electron chi connectivity index (χ0n) is 10.3. The molecule has 0 bridgehead atoms. The first-order valence-corrected chi connectivity index (χ1v) is 7.80. The molecular weight excluding hydrogens is 252 g/mol. The van der Waals surface area contributed by atoms with Crippen molar-refractivity contribution in [3.63, 3.8) is 0 Å². The van der Waals surface area contributed by atoms with Gasteiger partial charge in [-0.1, -0.05) is 12.1 Å². The van der Waals surface area contributed by atoms with E-state index in [0.717, 1.165) is 19.1 Å². The quantitative estimate of drug-likeness (QED) is 0.783. The summed E-state index contributed by atoms with van der Waals surface area (Å²) in [5.74, 6) is -0.172. The molecule has 1 unspecified atom stereocenters. The first-order chi connectivity index (χ1) is 8.48. The van der Waals surface area contributed by atoms with Crippen molar-refractivity contribution < 1.29 is 17.9 Å². The number of carbonyl (C=O) groups excluding carboxylic acids is 1. The van der Waals surface area contributed by atoms with Gasteiger partial charge in [0.1, 0.15) is 0 Å². The second-order valence-corrected chi connectivity index (χ2v) is 6.59. The number of carbonyl (C=O) groups is 1. The number of hydrogen-bond donors (Lipinski definition) is 0. The van der Waals surface area contributed by atoms with E-state index >= 15 is 0 Å². The molecule has 0 radical (unpaired) electrons. The molecule has 0 saturated carbocycles. The number of ether oxygens (including phenoxy) is 1. The monoisotopic (exact) mass is 268 g/mol. The Morgan fingerprint density at radius 1 is 1.39 bits per heavy atom. The lowest BCUT2D eigenvalue weighted by Crippen LogP contribution is -2.25. The highest BCUT2D eigenvalue weighted by Gasteiger charge is 2.23. The van der Waals surface area contributed by atoms with E-state index in [1.807, 2.05) is 0 Å². The Labute approximate surface area is 107 Å². The molecule has 0 N–H and O–H groups in total. The molecular formula is C13H16O4S. The summed E-state index contributed by atoms with van der Waals surface area (Å²) in [6, 6.07) is 6.22. The molecule has 2 rings (SSSR count). The lowest BCUT2D eigenvalue weighted by Gasteiger charge is -2.20. The summed E-state index contributed by atoms with van der Waals surface area (Å²) in [6.07, 6.45) is 2.82. The third-order valence-electron chi connectivity index (χ3n) is 3.08. The molecule has 0 aromatic heterocycles. The van der Waals surface area contributed by atoms with Crippen molar-refractivity contribution in [2.75, 3.05) is 19.5 Å². The molecule has 1 aliphatic rings. The SMILES string of the molecule is CS(=O)(=O)c1cccc(C(=O)C2CCCOC2)c1. The van der Waals surface area contributed by atoms with Crippen LogP contribution in [0.2, 0.25) is 0 Å². The maximum atomic E-state index is 12.2. The summed E-state index contributed by atoms with van der Waals surface area (Å²) in [4.78, 5) is 12.4. The van der Waals surface area contributed by atoms with Crippen LogP contribution in [-0.2, 0) is 14.6 Å². The molecule has 1 aromatic rings. The molecule has 5 heteroatoms. The number of Topliss-reactive ketones (excluding diaryl/α,β-unsaturated/α-hetero) is 1. The topological polar surface area (TPSA) is 60.4 Å². The van der Waals surface area contributed by atoms with Crippen molar-refractivity contribution in [3.05, 3.63) is 29.8 Å². The van der Waals surface area contributed by atoms with E-state index in [4.69, 9.17) is 4.74 Å². The van der Waals surface area contributed by atoms with Gasteiger partial charge in [-0.3, -0.25) is 4.79 Å². The van der Waals surface area contributed by atoms with E-state index in [9.17, 15) is 13.2 Å². The van der Waals surface area contributed by atoms with Crippen LogP contribution >= 0.6 is 0 Å². The van der Waals surface area contributed by atoms with E-state index in [0.29, 0.717) is 18.8 Å². The van der Waals surface area contributed by atoms with Crippen LogP contribution in [0, 0.1) is 5.92 Å². The first-order valence-electron chi connectivity index (χ1n) is 5.90. The Morgan fingerprint density at radius 2 is 2.17 bits per heavy atom. The lowest BCUT2D eigenvalue weighted by atomic mass is 9.93. The van der Waals surface area contributed by atoms with E-state index < -0.39 is 9.84 Å². The molecule has 98 valence electrons. The van der Waals surface area contributed by atoms with Crippen molar-refractivity contribution in [3.8, 4) is 0 Å². The average molecular weight is 268 g/mol. The summed E-state index contributed by atoms with van der Waals surface area (Å²) in [6.45, 7) is 1.13. The summed E-state index contributed by atoms with van der Waals surface area (Å²) in [5.41, 5.74) is 0.452. The zero-order chi connectivity index (χ0) is 13.2. The van der Waals surface area contributed by atoms with Crippen LogP contribution in [0.5, 0.6) is 0 Å². The van der Waals surface area contributed by atoms with Gasteiger partial charge in [0.2, 0.25) is 0 Å². The summed E-state index contributed by atoms with van der Waals surface area (Å²) in [7, 11) is -3.27. The Balaban J connectivity index is 2.25. The second kappa shape index (κ2) is 5.20. The molecule has 1 aromatic carbocycles. The van der Waals surface area contributed by atoms with E-state index in [2.05, 4.69) is 0 Å². The molecule has 1 aliphatic heterocycles. The summed E-state index contributed by atoms with van der Waals surface area (Å²) in [5, 5.41) is 0. The van der Waals surface area contributed by atoms with Gasteiger partial charge in [0.15, 0.2) is 15.6 Å². The molecule has 1 atom stereocenters. The predicted octanol–water partition coefficient (Wildman–Crippen LogP) is 1.70. The van der Waals surface area contributed by atoms with Crippen LogP contribution in [0.15, 0.2) is 29.2 Å². The van der Waals surface area contributed by atoms with Crippen LogP contribution in [0.25, 0.3) is 0 Å². The van der Waals surface area contributed by atoms with E-state index in [1.54, 1.807) is 12.1 Å². The average Bonchev–Trinajstić information content (AvgIpc) is 2.38. The molecule has 1 heterocycles. The van der Waals surface area contributed by atoms with Crippen LogP contribution < -0.4 is 0 Å². The minimum absolute atomic E-state index is 0.0276. The number of benzene rings is 1. The Kier molecular flexibility index (Phi) is 3.82. The van der Waals surface area contributed by atoms with Crippen molar-refractivity contribution >= 4 is 15.6 Å². The maximum absolute atomic E-state index is 12.2. The predicted molar refractivity (Wildman–Crippen MR) is 67.4 cm³/mol. The van der Waals surface area contributed by atoms with Gasteiger partial charge in [0.25, 0.3) is 0 Å². The largest absolute Gasteiger partial charge is 0.381 e. The first kappa shape index (κ1) is 13.2. The summed E-state index contributed by atoms with van der Waals surface area (Å²) < 4.78 is 28.2. The summed E-state index contributed by atoms with van der Waals surface area (Å²) >= 11 is 0. The number of hydrogen-bond acceptors (Lipinski definition) is 4. The smallest absolute Gasteiger partial charge is 0.175 e. The molecule has 4 nitrogen and oxygen atoms in total. The van der Waals surface area contributed by atoms with Crippen LogP contribution in [-0.4, -0.2) is 33.7 Å². The van der Waals surface area contributed by atoms with Gasteiger partial charge in [0.05, 0.1) is 11.5 Å². The van der Waals surface area contributed by atoms with Crippen molar-refractivity contribution in [2.24, 2.45) is 5.92 Å². The fraction of sp³-hybridized carbons (Fsp3) is 0.462. The van der Waals surface area contributed by atoms with E-state index in [1.165, 1.54) is 12.1 Å². The van der Waals surface area contributed by atoms with Gasteiger partial charge in [-0.15, -0.1) is 0 Å². The number of sulfone groups is 1. The maximum Gasteiger partial charge on any atom is 0.175 e. The van der Waals surface area contributed by atoms with Gasteiger partial charge in [-0.05, 0) is 25.0 Å². The minimum atomic E-state index is -3.27. The van der Waals surface area contributed by atoms with Crippen molar-refractivity contribution in [1.29, 1.82) is 0 Å². The molecule has 0 spiro atoms. The van der Waals surface area contributed by atoms with Gasteiger partial charge in [-0.2, -0.15) is 0 Å². The third-order valence-corrected chi connectivity index (χ3v) is 4.19. The molecule has 1 fully saturated rings. The minimum Gasteiger partial charge on any atom is -0.381 e. The Hall–Kier alpha value is -1.20. The van der Waals surface area contributed by atoms with Crippen molar-refractivity contribution in [2.45, 2.75) is 17.7 Å². The second-order valence-electron chi connectivity index (χ2n) is 4.58. The molecule has 18 heavy (non-hydrogen) atoms. The number of ketones is 1. The van der Waals surface area contributed by atoms with Gasteiger partial charge in [0, 0.05) is 24.3 Å². The normalized spacial score (nSPS) is 20.6. The highest BCUT2D eigenvalue weighted by atomic mass is 32.2. The fourth-order valence-electron chi connectivity index (χ4n) is 2.06. The highest BCUT2D eigenvalue weighted by molar-refractivity contribution is 7.90. The van der Waals surface area contributed by atoms with Crippen LogP contribution in [0.4, 0.5) is 0 Å². The van der Waals surface area contributed by atoms with E-state index in [-0.39, 0.29) is 16.6 Å². The molecule has 1 saturated heterocycles. The molecule has 0 aliphatic carbocycles. The van der Waals surface area contributed by atoms with Gasteiger partial charge < -0.3 is 4.74 Å². The fourth-order valence-corrected chi connectivity index (χ4v) is 2.73. The highest BCUT2D eigenvalue weighted by Crippen LogP contribution is 2.20. The zero-order valence-corrected chi connectivity index (χ0v) is 11.1. The van der Waals surface area contributed by atoms with Gasteiger partial charge >= 0.3 is 0 Å². The number of rotatable bonds is 3. The van der Waals surface area contributed by atoms with Gasteiger partial charge in [-0.25, -0.2) is 8.42 Å². The van der Waals surface area contributed by atoms with Crippen LogP contribution in [0.3, 0.4) is 0 Å². The Morgan fingerprint density at radius 3 is 2.78 bits per heavy atom. The third kappa shape index (κ3) is 2.97. The molecule has 0 amide bonds. The lowest BCUT2D eigenvalue weighted by molar-refractivity contribution is 0.0461. The van der Waals surface area contributed by atoms with Crippen LogP contribution in [0.1, 0.15) is 23.2 Å². The Bertz CT molecular complexity index is 542. The standard InChI is InChI=1S/C13H16O4S/c1-18(15,16)12-6-2-4-10(8-12)13(14)11-5-3-7-17-9-11/h2,4,6,8,11H,3,5,7,9H2,1H3.